The summed E-state index contributed by atoms with van der Waals surface area (Å²) in [6.45, 7) is 0.363. The van der Waals surface area contributed by atoms with Crippen LogP contribution in [0.1, 0.15) is 36.8 Å². The summed E-state index contributed by atoms with van der Waals surface area (Å²) in [7, 11) is 0. The Labute approximate surface area is 167 Å². The molecule has 2 aromatic rings. The average Bonchev–Trinajstić information content (AvgIpc) is 3.09. The molecule has 1 amide bonds. The zero-order valence-electron chi connectivity index (χ0n) is 15.8. The second-order valence-electron chi connectivity index (χ2n) is 7.53. The van der Waals surface area contributed by atoms with Crippen LogP contribution in [-0.2, 0) is 16.2 Å². The van der Waals surface area contributed by atoms with E-state index in [0.29, 0.717) is 11.3 Å². The predicted molar refractivity (Wildman–Crippen MR) is 102 cm³/mol. The Morgan fingerprint density at radius 2 is 1.90 bits per heavy atom. The molecule has 152 valence electrons. The minimum Gasteiger partial charge on any atom is -0.390 e. The number of hydrogen-bond acceptors (Lipinski definition) is 3. The van der Waals surface area contributed by atoms with E-state index in [4.69, 9.17) is 4.84 Å². The lowest BCUT2D eigenvalue weighted by atomic mass is 9.84. The summed E-state index contributed by atoms with van der Waals surface area (Å²) in [6, 6.07) is 9.65. The lowest BCUT2D eigenvalue weighted by Gasteiger charge is -2.32. The topological polar surface area (TPSA) is 41.9 Å². The number of benzene rings is 2. The van der Waals surface area contributed by atoms with Gasteiger partial charge in [0.05, 0.1) is 12.3 Å². The van der Waals surface area contributed by atoms with Crippen LogP contribution >= 0.6 is 0 Å². The molecule has 2 aromatic carbocycles. The molecule has 0 radical (unpaired) electrons. The van der Waals surface area contributed by atoms with E-state index in [1.54, 1.807) is 23.1 Å². The highest BCUT2D eigenvalue weighted by Crippen LogP contribution is 2.30. The van der Waals surface area contributed by atoms with Crippen molar-refractivity contribution in [2.24, 2.45) is 11.1 Å². The number of amides is 1. The maximum absolute atomic E-state index is 14.1. The Balaban J connectivity index is 1.46. The summed E-state index contributed by atoms with van der Waals surface area (Å²) in [5.41, 5.74) is 0.984. The lowest BCUT2D eigenvalue weighted by molar-refractivity contribution is -0.140. The summed E-state index contributed by atoms with van der Waals surface area (Å²) in [5.74, 6) is -1.80. The number of hydrogen-bond donors (Lipinski definition) is 0. The van der Waals surface area contributed by atoms with Gasteiger partial charge in [0, 0.05) is 36.1 Å². The van der Waals surface area contributed by atoms with Crippen molar-refractivity contribution in [2.75, 3.05) is 6.54 Å². The molecule has 1 aliphatic carbocycles. The molecule has 0 aromatic heterocycles. The Bertz CT molecular complexity index is 943. The van der Waals surface area contributed by atoms with E-state index in [1.165, 1.54) is 18.2 Å². The number of carbonyl (C=O) groups excluding carboxylic acids is 1. The molecule has 0 saturated heterocycles. The fraction of sp³-hybridized carbons (Fsp3) is 0.364. The molecule has 2 aliphatic rings. The smallest absolute Gasteiger partial charge is 0.226 e. The molecule has 0 bridgehead atoms. The Morgan fingerprint density at radius 1 is 1.10 bits per heavy atom. The highest BCUT2D eigenvalue weighted by atomic mass is 19.1. The van der Waals surface area contributed by atoms with Crippen molar-refractivity contribution in [3.05, 3.63) is 71.0 Å². The Hall–Kier alpha value is -2.83. The molecular formula is C22H21F3N2O2. The van der Waals surface area contributed by atoms with E-state index in [-0.39, 0.29) is 42.7 Å². The van der Waals surface area contributed by atoms with Crippen LogP contribution in [0.2, 0.25) is 0 Å². The largest absolute Gasteiger partial charge is 0.390 e. The van der Waals surface area contributed by atoms with Gasteiger partial charge in [0.15, 0.2) is 6.10 Å². The number of carbonyl (C=O) groups is 1. The number of rotatable bonds is 6. The van der Waals surface area contributed by atoms with Gasteiger partial charge in [0.25, 0.3) is 0 Å². The van der Waals surface area contributed by atoms with Crippen molar-refractivity contribution in [2.45, 2.75) is 38.3 Å². The Morgan fingerprint density at radius 3 is 2.59 bits per heavy atom. The standard InChI is InChI=1S/C22H21F3N2O2/c23-16-8-9-18(20(25)10-16)21-11-17(29-26-21)13-27(22(28)14-5-3-6-14)12-15-4-1-2-7-19(15)24/h1-2,4,7-10,14,17H,3,5-6,11-13H2. The first-order valence-electron chi connectivity index (χ1n) is 9.71. The zero-order chi connectivity index (χ0) is 20.4. The molecule has 4 nitrogen and oxygen atoms in total. The van der Waals surface area contributed by atoms with E-state index < -0.39 is 17.7 Å². The summed E-state index contributed by atoms with van der Waals surface area (Å²) in [6.07, 6.45) is 2.50. The molecular weight excluding hydrogens is 381 g/mol. The summed E-state index contributed by atoms with van der Waals surface area (Å²) >= 11 is 0. The summed E-state index contributed by atoms with van der Waals surface area (Å²) in [5, 5.41) is 3.94. The van der Waals surface area contributed by atoms with Gasteiger partial charge < -0.3 is 9.74 Å². The fourth-order valence-electron chi connectivity index (χ4n) is 3.63. The van der Waals surface area contributed by atoms with Gasteiger partial charge in [0.2, 0.25) is 5.91 Å². The van der Waals surface area contributed by atoms with Crippen LogP contribution in [0.4, 0.5) is 13.2 Å². The van der Waals surface area contributed by atoms with Crippen LogP contribution < -0.4 is 0 Å². The third-order valence-corrected chi connectivity index (χ3v) is 5.48. The molecule has 4 rings (SSSR count). The monoisotopic (exact) mass is 402 g/mol. The van der Waals surface area contributed by atoms with E-state index in [9.17, 15) is 18.0 Å². The van der Waals surface area contributed by atoms with Gasteiger partial charge in [-0.15, -0.1) is 0 Å². The van der Waals surface area contributed by atoms with Gasteiger partial charge in [-0.3, -0.25) is 4.79 Å². The van der Waals surface area contributed by atoms with Crippen molar-refractivity contribution in [3.63, 3.8) is 0 Å². The number of nitrogens with zero attached hydrogens (tertiary/aromatic N) is 2. The molecule has 0 N–H and O–H groups in total. The molecule has 7 heteroatoms. The fourth-order valence-corrected chi connectivity index (χ4v) is 3.63. The third-order valence-electron chi connectivity index (χ3n) is 5.48. The molecule has 0 spiro atoms. The highest BCUT2D eigenvalue weighted by molar-refractivity contribution is 6.01. The second kappa shape index (κ2) is 8.27. The van der Waals surface area contributed by atoms with Crippen molar-refractivity contribution < 1.29 is 22.8 Å². The first-order valence-corrected chi connectivity index (χ1v) is 9.71. The van der Waals surface area contributed by atoms with Crippen LogP contribution in [-0.4, -0.2) is 29.2 Å². The van der Waals surface area contributed by atoms with Crippen molar-refractivity contribution in [1.29, 1.82) is 0 Å². The van der Waals surface area contributed by atoms with Gasteiger partial charge in [-0.25, -0.2) is 13.2 Å². The highest BCUT2D eigenvalue weighted by Gasteiger charge is 2.33. The SMILES string of the molecule is O=C(C1CCC1)N(Cc1ccccc1F)CC1CC(c2ccc(F)cc2F)=NO1. The molecule has 1 atom stereocenters. The summed E-state index contributed by atoms with van der Waals surface area (Å²) < 4.78 is 41.3. The normalized spacial score (nSPS) is 18.7. The number of oxime groups is 1. The minimum absolute atomic E-state index is 0.0236. The van der Waals surface area contributed by atoms with E-state index in [1.807, 2.05) is 0 Å². The first-order chi connectivity index (χ1) is 14.0. The summed E-state index contributed by atoms with van der Waals surface area (Å²) in [4.78, 5) is 19.9. The van der Waals surface area contributed by atoms with E-state index in [2.05, 4.69) is 5.16 Å². The van der Waals surface area contributed by atoms with Gasteiger partial charge in [-0.2, -0.15) is 0 Å². The van der Waals surface area contributed by atoms with Crippen molar-refractivity contribution in [3.8, 4) is 0 Å². The van der Waals surface area contributed by atoms with Gasteiger partial charge in [0.1, 0.15) is 17.5 Å². The van der Waals surface area contributed by atoms with Crippen LogP contribution in [0.5, 0.6) is 0 Å². The second-order valence-corrected chi connectivity index (χ2v) is 7.53. The first kappa shape index (κ1) is 19.5. The van der Waals surface area contributed by atoms with Crippen molar-refractivity contribution in [1.82, 2.24) is 4.90 Å². The molecule has 1 heterocycles. The minimum atomic E-state index is -0.707. The van der Waals surface area contributed by atoms with Crippen LogP contribution in [0.15, 0.2) is 47.6 Å². The van der Waals surface area contributed by atoms with Crippen LogP contribution in [0.3, 0.4) is 0 Å². The van der Waals surface area contributed by atoms with Crippen molar-refractivity contribution >= 4 is 11.6 Å². The van der Waals surface area contributed by atoms with Crippen LogP contribution in [0, 0.1) is 23.4 Å². The maximum atomic E-state index is 14.1. The zero-order valence-corrected chi connectivity index (χ0v) is 15.8. The molecule has 1 saturated carbocycles. The quantitative estimate of drug-likeness (QED) is 0.718. The maximum Gasteiger partial charge on any atom is 0.226 e. The average molecular weight is 402 g/mol. The molecule has 1 unspecified atom stereocenters. The lowest BCUT2D eigenvalue weighted by Crippen LogP contribution is -2.42. The van der Waals surface area contributed by atoms with E-state index in [0.717, 1.165) is 25.3 Å². The van der Waals surface area contributed by atoms with Gasteiger partial charge in [-0.1, -0.05) is 29.8 Å². The number of halogens is 3. The molecule has 1 fully saturated rings. The van der Waals surface area contributed by atoms with E-state index >= 15 is 0 Å². The Kier molecular flexibility index (Phi) is 5.56. The molecule has 29 heavy (non-hydrogen) atoms. The van der Waals surface area contributed by atoms with Gasteiger partial charge >= 0.3 is 0 Å². The third kappa shape index (κ3) is 4.28. The van der Waals surface area contributed by atoms with Crippen LogP contribution in [0.25, 0.3) is 0 Å². The predicted octanol–water partition coefficient (Wildman–Crippen LogP) is 4.43. The van der Waals surface area contributed by atoms with Gasteiger partial charge in [-0.05, 0) is 31.0 Å². The molecule has 1 aliphatic heterocycles.